The Hall–Kier alpha value is -1.80. The molecule has 1 amide bonds. The molecule has 3 aliphatic heterocycles. The Labute approximate surface area is 216 Å². The van der Waals surface area contributed by atoms with Crippen LogP contribution in [0.15, 0.2) is 35.5 Å². The van der Waals surface area contributed by atoms with Crippen molar-refractivity contribution in [3.05, 3.63) is 35.5 Å². The molecule has 1 spiro atoms. The maximum atomic E-state index is 12.2. The molecule has 0 aromatic heterocycles. The van der Waals surface area contributed by atoms with Gasteiger partial charge in [-0.1, -0.05) is 44.6 Å². The second kappa shape index (κ2) is 12.2. The van der Waals surface area contributed by atoms with E-state index in [2.05, 4.69) is 25.2 Å². The molecule has 3 saturated heterocycles. The number of ketones is 1. The number of rotatable bonds is 9. The van der Waals surface area contributed by atoms with Crippen molar-refractivity contribution in [3.8, 4) is 0 Å². The van der Waals surface area contributed by atoms with E-state index in [1.807, 2.05) is 39.8 Å². The molecule has 3 fully saturated rings. The topological polar surface area (TPSA) is 97.4 Å². The molecule has 0 aromatic rings. The summed E-state index contributed by atoms with van der Waals surface area (Å²) in [5.41, 5.74) is 1.55. The van der Waals surface area contributed by atoms with E-state index in [1.54, 1.807) is 13.0 Å². The van der Waals surface area contributed by atoms with Crippen LogP contribution in [0.5, 0.6) is 0 Å². The van der Waals surface area contributed by atoms with Gasteiger partial charge in [0, 0.05) is 12.8 Å². The monoisotopic (exact) mass is 503 g/mol. The lowest BCUT2D eigenvalue weighted by Crippen LogP contribution is -2.50. The highest BCUT2D eigenvalue weighted by Crippen LogP contribution is 2.43. The molecule has 7 nitrogen and oxygen atoms in total. The maximum absolute atomic E-state index is 12.2. The van der Waals surface area contributed by atoms with Gasteiger partial charge in [0.05, 0.1) is 31.0 Å². The Kier molecular flexibility index (Phi) is 9.72. The Morgan fingerprint density at radius 1 is 1.14 bits per heavy atom. The number of hydrogen-bond acceptors (Lipinski definition) is 6. The molecule has 7 heteroatoms. The zero-order chi connectivity index (χ0) is 26.6. The molecule has 0 aromatic carbocycles. The highest BCUT2D eigenvalue weighted by molar-refractivity contribution is 5.87. The lowest BCUT2D eigenvalue weighted by Gasteiger charge is -2.39. The molecule has 0 radical (unpaired) electrons. The maximum Gasteiger partial charge on any atom is 0.243 e. The Morgan fingerprint density at radius 3 is 2.44 bits per heavy atom. The van der Waals surface area contributed by atoms with Crippen molar-refractivity contribution in [2.75, 3.05) is 6.61 Å². The molecule has 0 aliphatic carbocycles. The van der Waals surface area contributed by atoms with Gasteiger partial charge in [0.2, 0.25) is 5.91 Å². The lowest BCUT2D eigenvalue weighted by molar-refractivity contribution is -0.143. The fourth-order valence-corrected chi connectivity index (χ4v) is 5.16. The number of hydrogen-bond donors (Lipinski definition) is 2. The summed E-state index contributed by atoms with van der Waals surface area (Å²) in [5, 5.41) is 13.9. The van der Waals surface area contributed by atoms with E-state index in [-0.39, 0.29) is 36.0 Å². The second-order valence-electron chi connectivity index (χ2n) is 11.4. The molecule has 202 valence electrons. The van der Waals surface area contributed by atoms with Crippen LogP contribution in [-0.2, 0) is 23.8 Å². The van der Waals surface area contributed by atoms with Gasteiger partial charge in [0.25, 0.3) is 0 Å². The van der Waals surface area contributed by atoms with E-state index < -0.39 is 17.8 Å². The Bertz CT molecular complexity index is 886. The summed E-state index contributed by atoms with van der Waals surface area (Å²) in [7, 11) is 0. The summed E-state index contributed by atoms with van der Waals surface area (Å²) in [6.07, 6.45) is 8.69. The molecular weight excluding hydrogens is 458 g/mol. The van der Waals surface area contributed by atoms with Crippen molar-refractivity contribution in [2.24, 2.45) is 11.8 Å². The normalized spacial score (nSPS) is 37.5. The minimum Gasteiger partial charge on any atom is -0.387 e. The van der Waals surface area contributed by atoms with Gasteiger partial charge in [-0.15, -0.1) is 0 Å². The van der Waals surface area contributed by atoms with Crippen molar-refractivity contribution in [1.29, 1.82) is 0 Å². The summed E-state index contributed by atoms with van der Waals surface area (Å²) >= 11 is 0. The highest BCUT2D eigenvalue weighted by Gasteiger charge is 2.58. The summed E-state index contributed by atoms with van der Waals surface area (Å²) in [6.45, 7) is 14.4. The van der Waals surface area contributed by atoms with Crippen LogP contribution in [0, 0.1) is 11.8 Å². The molecule has 0 unspecified atom stereocenters. The van der Waals surface area contributed by atoms with Gasteiger partial charge in [-0.05, 0) is 64.0 Å². The number of ether oxygens (including phenoxy) is 3. The van der Waals surface area contributed by atoms with Crippen LogP contribution < -0.4 is 5.32 Å². The number of amides is 1. The highest BCUT2D eigenvalue weighted by atomic mass is 16.6. The molecule has 3 heterocycles. The number of epoxide rings is 1. The Morgan fingerprint density at radius 2 is 1.83 bits per heavy atom. The zero-order valence-electron chi connectivity index (χ0n) is 23.0. The number of nitrogens with one attached hydrogen (secondary N) is 1. The molecule has 0 saturated carbocycles. The average molecular weight is 504 g/mol. The standard InChI is InChI=1S/C29H45NO6/c1-17(2)8-11-27(32)30-24-12-20(5)25(35-22(24)7)10-9-18(3)19(4)13-26-28(33)29(16-34-29)15-23(36-26)14-21(6)31/h8-9,11,13,17,20,22-26,28,33H,10,12,14-16H2,1-7H3,(H,30,32)/b11-8-,18-9+,19-13+/t20-,22+,23+,24+,25-,26+,28+,29+/m0/s1. The molecule has 8 atom stereocenters. The van der Waals surface area contributed by atoms with E-state index in [9.17, 15) is 14.7 Å². The van der Waals surface area contributed by atoms with E-state index in [0.717, 1.165) is 24.0 Å². The van der Waals surface area contributed by atoms with Crippen LogP contribution in [0.4, 0.5) is 0 Å². The number of Topliss-reactive ketones (excluding diaryl/α,β-unsaturated/α-hetero) is 1. The molecular formula is C29H45NO6. The molecule has 2 N–H and O–H groups in total. The van der Waals surface area contributed by atoms with Gasteiger partial charge >= 0.3 is 0 Å². The van der Waals surface area contributed by atoms with E-state index in [1.165, 1.54) is 0 Å². The first-order valence-electron chi connectivity index (χ1n) is 13.4. The van der Waals surface area contributed by atoms with Gasteiger partial charge in [-0.3, -0.25) is 9.59 Å². The van der Waals surface area contributed by atoms with Crippen molar-refractivity contribution in [1.82, 2.24) is 5.32 Å². The van der Waals surface area contributed by atoms with Gasteiger partial charge in [-0.25, -0.2) is 0 Å². The number of allylic oxidation sites excluding steroid dienone is 3. The second-order valence-corrected chi connectivity index (χ2v) is 11.4. The summed E-state index contributed by atoms with van der Waals surface area (Å²) in [6, 6.07) is -0.00267. The van der Waals surface area contributed by atoms with Crippen LogP contribution in [0.1, 0.15) is 74.1 Å². The minimum absolute atomic E-state index is 0.00267. The first kappa shape index (κ1) is 28.8. The van der Waals surface area contributed by atoms with E-state index in [4.69, 9.17) is 14.2 Å². The van der Waals surface area contributed by atoms with Crippen molar-refractivity contribution >= 4 is 11.7 Å². The third kappa shape index (κ3) is 7.60. The number of carbonyl (C=O) groups excluding carboxylic acids is 2. The number of carbonyl (C=O) groups is 2. The first-order valence-corrected chi connectivity index (χ1v) is 13.4. The molecule has 36 heavy (non-hydrogen) atoms. The van der Waals surface area contributed by atoms with Crippen LogP contribution in [0.3, 0.4) is 0 Å². The van der Waals surface area contributed by atoms with Gasteiger partial charge in [-0.2, -0.15) is 0 Å². The molecule has 3 aliphatic rings. The average Bonchev–Trinajstić information content (AvgIpc) is 3.56. The zero-order valence-corrected chi connectivity index (χ0v) is 23.0. The quantitative estimate of drug-likeness (QED) is 0.280. The predicted molar refractivity (Wildman–Crippen MR) is 139 cm³/mol. The summed E-state index contributed by atoms with van der Waals surface area (Å²) in [4.78, 5) is 23.9. The fourth-order valence-electron chi connectivity index (χ4n) is 5.16. The molecule has 0 bridgehead atoms. The van der Waals surface area contributed by atoms with Crippen molar-refractivity contribution in [2.45, 2.75) is 116 Å². The number of aliphatic hydroxyl groups is 1. The fraction of sp³-hybridized carbons (Fsp3) is 0.724. The van der Waals surface area contributed by atoms with E-state index >= 15 is 0 Å². The van der Waals surface area contributed by atoms with Gasteiger partial charge < -0.3 is 24.6 Å². The summed E-state index contributed by atoms with van der Waals surface area (Å²) in [5.74, 6) is 0.649. The summed E-state index contributed by atoms with van der Waals surface area (Å²) < 4.78 is 18.0. The lowest BCUT2D eigenvalue weighted by atomic mass is 9.86. The SMILES string of the molecule is CC(=O)C[C@@H]1C[C@@]2(CO2)[C@H](O)[C@@H](/C=C(C)/C(C)=C/C[C@@H]2O[C@H](C)[C@H](NC(=O)/C=C\C(C)C)C[C@@H]2C)O1. The van der Waals surface area contributed by atoms with Gasteiger partial charge in [0.15, 0.2) is 0 Å². The van der Waals surface area contributed by atoms with E-state index in [0.29, 0.717) is 31.3 Å². The van der Waals surface area contributed by atoms with Crippen LogP contribution >= 0.6 is 0 Å². The first-order chi connectivity index (χ1) is 16.9. The molecule has 3 rings (SSSR count). The third-order valence-electron chi connectivity index (χ3n) is 7.67. The van der Waals surface area contributed by atoms with Crippen molar-refractivity contribution in [3.63, 3.8) is 0 Å². The van der Waals surface area contributed by atoms with Crippen LogP contribution in [0.25, 0.3) is 0 Å². The van der Waals surface area contributed by atoms with Crippen LogP contribution in [0.2, 0.25) is 0 Å². The van der Waals surface area contributed by atoms with Crippen molar-refractivity contribution < 1.29 is 28.9 Å². The van der Waals surface area contributed by atoms with Gasteiger partial charge in [0.1, 0.15) is 23.6 Å². The Balaban J connectivity index is 1.57. The minimum atomic E-state index is -0.742. The van der Waals surface area contributed by atoms with Crippen LogP contribution in [-0.4, -0.2) is 65.6 Å². The third-order valence-corrected chi connectivity index (χ3v) is 7.67. The predicted octanol–water partition coefficient (Wildman–Crippen LogP) is 4.05. The largest absolute Gasteiger partial charge is 0.387 e. The number of aliphatic hydroxyl groups excluding tert-OH is 1. The smallest absolute Gasteiger partial charge is 0.243 e.